The molecule has 1 aromatic carbocycles. The van der Waals surface area contributed by atoms with E-state index in [-0.39, 0.29) is 24.9 Å². The van der Waals surface area contributed by atoms with Gasteiger partial charge in [0, 0.05) is 23.2 Å². The van der Waals surface area contributed by atoms with Crippen molar-refractivity contribution in [3.05, 3.63) is 34.3 Å². The molecule has 1 amide bonds. The second-order valence-electron chi connectivity index (χ2n) is 4.70. The fourth-order valence-electron chi connectivity index (χ4n) is 1.75. The van der Waals surface area contributed by atoms with Crippen LogP contribution in [0.2, 0.25) is 5.02 Å². The number of hydrogen-bond acceptors (Lipinski definition) is 2. The van der Waals surface area contributed by atoms with Gasteiger partial charge in [-0.3, -0.25) is 9.59 Å². The van der Waals surface area contributed by atoms with Crippen LogP contribution in [0, 0.1) is 6.92 Å². The van der Waals surface area contributed by atoms with Crippen LogP contribution >= 0.6 is 11.6 Å². The van der Waals surface area contributed by atoms with Crippen molar-refractivity contribution in [1.29, 1.82) is 0 Å². The zero-order chi connectivity index (χ0) is 14.6. The van der Waals surface area contributed by atoms with E-state index in [4.69, 9.17) is 16.7 Å². The van der Waals surface area contributed by atoms with E-state index in [1.165, 1.54) is 0 Å². The van der Waals surface area contributed by atoms with E-state index < -0.39 is 5.97 Å². The number of carboxylic acid groups (broad SMARTS) is 1. The molecular formula is C14H18ClNO3. The Hall–Kier alpha value is -1.55. The minimum atomic E-state index is -0.911. The fourth-order valence-corrected chi connectivity index (χ4v) is 1.87. The molecule has 1 aromatic rings. The highest BCUT2D eigenvalue weighted by Gasteiger charge is 2.19. The summed E-state index contributed by atoms with van der Waals surface area (Å²) in [5.74, 6) is -1.08. The van der Waals surface area contributed by atoms with Gasteiger partial charge in [0.1, 0.15) is 0 Å². The van der Waals surface area contributed by atoms with Gasteiger partial charge in [0.15, 0.2) is 0 Å². The normalized spacial score (nSPS) is 10.6. The first kappa shape index (κ1) is 15.5. The van der Waals surface area contributed by atoms with Gasteiger partial charge in [0.2, 0.25) is 0 Å². The van der Waals surface area contributed by atoms with Gasteiger partial charge in [-0.2, -0.15) is 0 Å². The second-order valence-corrected chi connectivity index (χ2v) is 5.11. The topological polar surface area (TPSA) is 57.6 Å². The molecule has 4 nitrogen and oxygen atoms in total. The summed E-state index contributed by atoms with van der Waals surface area (Å²) in [7, 11) is 0. The number of hydrogen-bond donors (Lipinski definition) is 1. The molecule has 0 unspecified atom stereocenters. The average Bonchev–Trinajstić information content (AvgIpc) is 2.31. The van der Waals surface area contributed by atoms with Gasteiger partial charge in [-0.15, -0.1) is 0 Å². The van der Waals surface area contributed by atoms with Crippen molar-refractivity contribution in [1.82, 2.24) is 4.90 Å². The van der Waals surface area contributed by atoms with Gasteiger partial charge in [0.05, 0.1) is 6.42 Å². The Morgan fingerprint density at radius 3 is 2.47 bits per heavy atom. The maximum atomic E-state index is 12.4. The lowest BCUT2D eigenvalue weighted by atomic mass is 10.1. The van der Waals surface area contributed by atoms with E-state index in [9.17, 15) is 9.59 Å². The van der Waals surface area contributed by atoms with Crippen molar-refractivity contribution in [2.24, 2.45) is 0 Å². The van der Waals surface area contributed by atoms with E-state index in [0.29, 0.717) is 10.6 Å². The Morgan fingerprint density at radius 2 is 2.00 bits per heavy atom. The van der Waals surface area contributed by atoms with Crippen LogP contribution < -0.4 is 0 Å². The molecule has 0 heterocycles. The number of aryl methyl sites for hydroxylation is 1. The minimum Gasteiger partial charge on any atom is -0.481 e. The third-order valence-electron chi connectivity index (χ3n) is 2.86. The highest BCUT2D eigenvalue weighted by Crippen LogP contribution is 2.18. The molecule has 1 rings (SSSR count). The third kappa shape index (κ3) is 4.24. The van der Waals surface area contributed by atoms with E-state index in [2.05, 4.69) is 0 Å². The lowest BCUT2D eigenvalue weighted by Gasteiger charge is -2.26. The summed E-state index contributed by atoms with van der Waals surface area (Å²) in [6.07, 6.45) is -0.0590. The predicted octanol–water partition coefficient (Wildman–Crippen LogP) is 2.97. The second kappa shape index (κ2) is 6.57. The van der Waals surface area contributed by atoms with Crippen molar-refractivity contribution >= 4 is 23.5 Å². The summed E-state index contributed by atoms with van der Waals surface area (Å²) in [5.41, 5.74) is 1.36. The van der Waals surface area contributed by atoms with Crippen molar-refractivity contribution in [2.45, 2.75) is 33.2 Å². The Morgan fingerprint density at radius 1 is 1.37 bits per heavy atom. The van der Waals surface area contributed by atoms with E-state index in [0.717, 1.165) is 5.56 Å². The molecule has 0 spiro atoms. The molecule has 0 radical (unpaired) electrons. The molecule has 0 saturated heterocycles. The van der Waals surface area contributed by atoms with E-state index in [1.54, 1.807) is 23.1 Å². The van der Waals surface area contributed by atoms with E-state index in [1.807, 2.05) is 20.8 Å². The maximum Gasteiger partial charge on any atom is 0.305 e. The molecule has 0 fully saturated rings. The number of carbonyl (C=O) groups is 2. The van der Waals surface area contributed by atoms with Crippen LogP contribution in [-0.4, -0.2) is 34.5 Å². The number of carboxylic acids is 1. The molecule has 1 N–H and O–H groups in total. The number of benzene rings is 1. The molecule has 0 atom stereocenters. The zero-order valence-corrected chi connectivity index (χ0v) is 12.1. The number of carbonyl (C=O) groups excluding carboxylic acids is 1. The minimum absolute atomic E-state index is 0.0529. The van der Waals surface area contributed by atoms with Gasteiger partial charge < -0.3 is 10.0 Å². The zero-order valence-electron chi connectivity index (χ0n) is 11.3. The van der Waals surface area contributed by atoms with Crippen molar-refractivity contribution in [3.63, 3.8) is 0 Å². The molecule has 0 aliphatic rings. The van der Waals surface area contributed by atoms with Gasteiger partial charge in [-0.25, -0.2) is 0 Å². The number of amides is 1. The molecule has 0 bridgehead atoms. The first-order chi connectivity index (χ1) is 8.82. The molecule has 0 aliphatic heterocycles. The van der Waals surface area contributed by atoms with Crippen LogP contribution in [0.1, 0.15) is 36.2 Å². The predicted molar refractivity (Wildman–Crippen MR) is 74.6 cm³/mol. The van der Waals surface area contributed by atoms with Gasteiger partial charge in [-0.05, 0) is 44.5 Å². The summed E-state index contributed by atoms with van der Waals surface area (Å²) < 4.78 is 0. The van der Waals surface area contributed by atoms with Crippen LogP contribution in [0.3, 0.4) is 0 Å². The summed E-state index contributed by atoms with van der Waals surface area (Å²) in [6, 6.07) is 5.01. The summed E-state index contributed by atoms with van der Waals surface area (Å²) in [5, 5.41) is 9.33. The Labute approximate surface area is 118 Å². The van der Waals surface area contributed by atoms with Gasteiger partial charge in [-0.1, -0.05) is 11.6 Å². The number of rotatable bonds is 5. The molecule has 0 saturated carbocycles. The summed E-state index contributed by atoms with van der Waals surface area (Å²) in [6.45, 7) is 5.76. The average molecular weight is 284 g/mol. The third-order valence-corrected chi connectivity index (χ3v) is 3.28. The van der Waals surface area contributed by atoms with Crippen LogP contribution in [0.4, 0.5) is 0 Å². The SMILES string of the molecule is Cc1cc(C(=O)N(CCC(=O)O)C(C)C)ccc1Cl. The Balaban J connectivity index is 2.92. The summed E-state index contributed by atoms with van der Waals surface area (Å²) >= 11 is 5.93. The number of nitrogens with zero attached hydrogens (tertiary/aromatic N) is 1. The maximum absolute atomic E-state index is 12.4. The summed E-state index contributed by atoms with van der Waals surface area (Å²) in [4.78, 5) is 24.5. The van der Waals surface area contributed by atoms with E-state index >= 15 is 0 Å². The lowest BCUT2D eigenvalue weighted by molar-refractivity contribution is -0.137. The standard InChI is InChI=1S/C14H18ClNO3/c1-9(2)16(7-6-13(17)18)14(19)11-4-5-12(15)10(3)8-11/h4-5,8-9H,6-7H2,1-3H3,(H,17,18). The first-order valence-corrected chi connectivity index (χ1v) is 6.49. The van der Waals surface area contributed by atoms with Crippen molar-refractivity contribution in [2.75, 3.05) is 6.54 Å². The van der Waals surface area contributed by atoms with Crippen molar-refractivity contribution in [3.8, 4) is 0 Å². The van der Waals surface area contributed by atoms with Gasteiger partial charge in [0.25, 0.3) is 5.91 Å². The van der Waals surface area contributed by atoms with Crippen molar-refractivity contribution < 1.29 is 14.7 Å². The molecular weight excluding hydrogens is 266 g/mol. The van der Waals surface area contributed by atoms with Crippen LogP contribution in [0.15, 0.2) is 18.2 Å². The number of aliphatic carboxylic acids is 1. The largest absolute Gasteiger partial charge is 0.481 e. The monoisotopic (exact) mass is 283 g/mol. The molecule has 0 aromatic heterocycles. The molecule has 5 heteroatoms. The lowest BCUT2D eigenvalue weighted by Crippen LogP contribution is -2.38. The highest BCUT2D eigenvalue weighted by molar-refractivity contribution is 6.31. The molecule has 19 heavy (non-hydrogen) atoms. The highest BCUT2D eigenvalue weighted by atomic mass is 35.5. The Bertz CT molecular complexity index is 486. The smallest absolute Gasteiger partial charge is 0.305 e. The quantitative estimate of drug-likeness (QED) is 0.904. The van der Waals surface area contributed by atoms with Gasteiger partial charge >= 0.3 is 5.97 Å². The fraction of sp³-hybridized carbons (Fsp3) is 0.429. The van der Waals surface area contributed by atoms with Crippen LogP contribution in [-0.2, 0) is 4.79 Å². The molecule has 104 valence electrons. The van der Waals surface area contributed by atoms with Crippen LogP contribution in [0.25, 0.3) is 0 Å². The Kier molecular flexibility index (Phi) is 5.36. The number of halogens is 1. The van der Waals surface area contributed by atoms with Crippen LogP contribution in [0.5, 0.6) is 0 Å². The first-order valence-electron chi connectivity index (χ1n) is 6.12. The molecule has 0 aliphatic carbocycles.